The molecule has 3 amide bonds. The van der Waals surface area contributed by atoms with Gasteiger partial charge in [0.15, 0.2) is 0 Å². The number of anilines is 2. The molecule has 3 aliphatic heterocycles. The van der Waals surface area contributed by atoms with Crippen LogP contribution in [0.2, 0.25) is 0 Å². The molecule has 4 atom stereocenters. The number of benzene rings is 2. The number of nitro benzene ring substituents is 1. The number of imide groups is 1. The maximum Gasteiger partial charge on any atom is 0.271 e. The van der Waals surface area contributed by atoms with Crippen molar-refractivity contribution < 1.29 is 19.3 Å². The normalized spacial score (nSPS) is 28.9. The second-order valence-electron chi connectivity index (χ2n) is 8.51. The molecule has 2 aromatic carbocycles. The average molecular weight is 420 g/mol. The summed E-state index contributed by atoms with van der Waals surface area (Å²) in [5, 5.41) is 17.4. The van der Waals surface area contributed by atoms with E-state index < -0.39 is 40.2 Å². The average Bonchev–Trinajstić information content (AvgIpc) is 3.33. The molecule has 0 aliphatic carbocycles. The first-order valence-electron chi connectivity index (χ1n) is 10.1. The first-order chi connectivity index (χ1) is 14.8. The Morgan fingerprint density at radius 2 is 1.81 bits per heavy atom. The third kappa shape index (κ3) is 2.43. The largest absolute Gasteiger partial charge is 0.324 e. The fraction of sp³-hybridized carbons (Fsp3) is 0.318. The lowest BCUT2D eigenvalue weighted by Crippen LogP contribution is -2.54. The van der Waals surface area contributed by atoms with E-state index >= 15 is 0 Å². The Morgan fingerprint density at radius 1 is 1.06 bits per heavy atom. The molecule has 0 bridgehead atoms. The van der Waals surface area contributed by atoms with Crippen molar-refractivity contribution in [3.63, 3.8) is 0 Å². The minimum absolute atomic E-state index is 0.0331. The van der Waals surface area contributed by atoms with Gasteiger partial charge in [-0.25, -0.2) is 4.90 Å². The SMILES string of the molecule is CC(C)[C@@H]1N[C@]2(C(=O)Nc3ccccc32)[C@@H]2C(=O)N(c3cccc([N+](=O)[O-])c3)C(=O)[C@H]21. The molecule has 158 valence electrons. The highest BCUT2D eigenvalue weighted by atomic mass is 16.6. The standard InChI is InChI=1S/C22H20N4O5/c1-11(2)18-16-17(22(24-18)14-8-3-4-9-15(14)23-21(22)29)20(28)25(19(16)27)12-6-5-7-13(10-12)26(30)31/h3-11,16-18,24H,1-2H3,(H,23,29)/t16-,17+,18+,22+/m1/s1. The highest BCUT2D eigenvalue weighted by Crippen LogP contribution is 2.54. The Morgan fingerprint density at radius 3 is 2.52 bits per heavy atom. The van der Waals surface area contributed by atoms with Crippen LogP contribution in [0.3, 0.4) is 0 Å². The maximum absolute atomic E-state index is 13.7. The highest BCUT2D eigenvalue weighted by Gasteiger charge is 2.70. The molecule has 2 aromatic rings. The van der Waals surface area contributed by atoms with Gasteiger partial charge < -0.3 is 5.32 Å². The smallest absolute Gasteiger partial charge is 0.271 e. The van der Waals surface area contributed by atoms with Gasteiger partial charge in [0, 0.05) is 29.4 Å². The number of carbonyl (C=O) groups is 3. The number of non-ortho nitro benzene ring substituents is 1. The van der Waals surface area contributed by atoms with Crippen LogP contribution < -0.4 is 15.5 Å². The van der Waals surface area contributed by atoms with Crippen LogP contribution in [-0.2, 0) is 19.9 Å². The van der Waals surface area contributed by atoms with Gasteiger partial charge in [0.05, 0.1) is 22.4 Å². The lowest BCUT2D eigenvalue weighted by molar-refractivity contribution is -0.384. The Kier molecular flexibility index (Phi) is 4.03. The third-order valence-corrected chi connectivity index (χ3v) is 6.57. The summed E-state index contributed by atoms with van der Waals surface area (Å²) in [5.74, 6) is -3.09. The van der Waals surface area contributed by atoms with Gasteiger partial charge in [-0.15, -0.1) is 0 Å². The number of amides is 3. The van der Waals surface area contributed by atoms with Crippen LogP contribution in [0.25, 0.3) is 0 Å². The molecule has 2 N–H and O–H groups in total. The Balaban J connectivity index is 1.67. The number of rotatable bonds is 3. The van der Waals surface area contributed by atoms with Crippen molar-refractivity contribution in [1.29, 1.82) is 0 Å². The summed E-state index contributed by atoms with van der Waals surface area (Å²) < 4.78 is 0. The van der Waals surface area contributed by atoms with E-state index in [0.29, 0.717) is 11.3 Å². The number of nitro groups is 1. The zero-order valence-electron chi connectivity index (χ0n) is 16.9. The number of hydrogen-bond acceptors (Lipinski definition) is 6. The second-order valence-corrected chi connectivity index (χ2v) is 8.51. The Hall–Kier alpha value is -3.59. The van der Waals surface area contributed by atoms with Crippen molar-refractivity contribution in [3.05, 3.63) is 64.2 Å². The Bertz CT molecular complexity index is 1160. The van der Waals surface area contributed by atoms with Crippen LogP contribution in [0.1, 0.15) is 19.4 Å². The van der Waals surface area contributed by atoms with E-state index in [4.69, 9.17) is 0 Å². The van der Waals surface area contributed by atoms with E-state index in [1.165, 1.54) is 24.3 Å². The van der Waals surface area contributed by atoms with Gasteiger partial charge in [-0.1, -0.05) is 38.1 Å². The van der Waals surface area contributed by atoms with Crippen molar-refractivity contribution in [2.45, 2.75) is 25.4 Å². The monoisotopic (exact) mass is 420 g/mol. The minimum atomic E-state index is -1.36. The number of nitrogens with one attached hydrogen (secondary N) is 2. The van der Waals surface area contributed by atoms with Crippen LogP contribution in [0.4, 0.5) is 17.1 Å². The first-order valence-corrected chi connectivity index (χ1v) is 10.1. The number of para-hydroxylation sites is 1. The molecule has 3 aliphatic rings. The van der Waals surface area contributed by atoms with Gasteiger partial charge in [-0.05, 0) is 18.1 Å². The van der Waals surface area contributed by atoms with Crippen molar-refractivity contribution >= 4 is 34.8 Å². The summed E-state index contributed by atoms with van der Waals surface area (Å²) in [7, 11) is 0. The van der Waals surface area contributed by atoms with Crippen LogP contribution >= 0.6 is 0 Å². The molecule has 0 saturated carbocycles. The molecule has 2 saturated heterocycles. The molecule has 9 heteroatoms. The van der Waals surface area contributed by atoms with E-state index in [1.54, 1.807) is 24.3 Å². The number of nitrogens with zero attached hydrogens (tertiary/aromatic N) is 2. The lowest BCUT2D eigenvalue weighted by atomic mass is 9.76. The maximum atomic E-state index is 13.7. The molecule has 5 rings (SSSR count). The predicted molar refractivity (Wildman–Crippen MR) is 111 cm³/mol. The molecular formula is C22H20N4O5. The molecule has 0 unspecified atom stereocenters. The second kappa shape index (κ2) is 6.45. The van der Waals surface area contributed by atoms with Crippen molar-refractivity contribution in [1.82, 2.24) is 5.32 Å². The summed E-state index contributed by atoms with van der Waals surface area (Å²) in [6.45, 7) is 3.86. The van der Waals surface area contributed by atoms with Crippen LogP contribution in [0.5, 0.6) is 0 Å². The van der Waals surface area contributed by atoms with Gasteiger partial charge in [-0.2, -0.15) is 0 Å². The third-order valence-electron chi connectivity index (χ3n) is 6.57. The van der Waals surface area contributed by atoms with Gasteiger partial charge in [-0.3, -0.25) is 29.8 Å². The van der Waals surface area contributed by atoms with E-state index in [-0.39, 0.29) is 23.2 Å². The lowest BCUT2D eigenvalue weighted by Gasteiger charge is -2.30. The zero-order chi connectivity index (χ0) is 22.1. The minimum Gasteiger partial charge on any atom is -0.324 e. The van der Waals surface area contributed by atoms with E-state index in [2.05, 4.69) is 10.6 Å². The summed E-state index contributed by atoms with van der Waals surface area (Å²) in [5.41, 5.74) is -0.189. The molecule has 9 nitrogen and oxygen atoms in total. The fourth-order valence-corrected chi connectivity index (χ4v) is 5.26. The number of hydrogen-bond donors (Lipinski definition) is 2. The summed E-state index contributed by atoms with van der Waals surface area (Å²) in [4.78, 5) is 52.1. The predicted octanol–water partition coefficient (Wildman–Crippen LogP) is 2.18. The van der Waals surface area contributed by atoms with Gasteiger partial charge in [0.25, 0.3) is 5.69 Å². The molecule has 0 radical (unpaired) electrons. The summed E-state index contributed by atoms with van der Waals surface area (Å²) >= 11 is 0. The molecule has 1 spiro atoms. The quantitative estimate of drug-likeness (QED) is 0.446. The van der Waals surface area contributed by atoms with Crippen molar-refractivity contribution in [2.75, 3.05) is 10.2 Å². The molecule has 3 heterocycles. The fourth-order valence-electron chi connectivity index (χ4n) is 5.26. The van der Waals surface area contributed by atoms with Crippen molar-refractivity contribution in [3.8, 4) is 0 Å². The zero-order valence-corrected chi connectivity index (χ0v) is 16.9. The van der Waals surface area contributed by atoms with Crippen LogP contribution in [0, 0.1) is 27.9 Å². The van der Waals surface area contributed by atoms with Gasteiger partial charge >= 0.3 is 0 Å². The van der Waals surface area contributed by atoms with Gasteiger partial charge in [0.1, 0.15) is 5.54 Å². The number of carbonyl (C=O) groups excluding carboxylic acids is 3. The Labute approximate surface area is 177 Å². The molecule has 31 heavy (non-hydrogen) atoms. The summed E-state index contributed by atoms with van der Waals surface area (Å²) in [6.07, 6.45) is 0. The van der Waals surface area contributed by atoms with E-state index in [0.717, 1.165) is 4.90 Å². The van der Waals surface area contributed by atoms with Crippen LogP contribution in [-0.4, -0.2) is 28.7 Å². The topological polar surface area (TPSA) is 122 Å². The van der Waals surface area contributed by atoms with Gasteiger partial charge in [0.2, 0.25) is 17.7 Å². The molecular weight excluding hydrogens is 400 g/mol. The van der Waals surface area contributed by atoms with E-state index in [1.807, 2.05) is 13.8 Å². The van der Waals surface area contributed by atoms with Crippen molar-refractivity contribution in [2.24, 2.45) is 17.8 Å². The number of fused-ring (bicyclic) bond motifs is 4. The van der Waals surface area contributed by atoms with E-state index in [9.17, 15) is 24.5 Å². The highest BCUT2D eigenvalue weighted by molar-refractivity contribution is 6.25. The first kappa shape index (κ1) is 19.4. The summed E-state index contributed by atoms with van der Waals surface area (Å²) in [6, 6.07) is 12.2. The molecule has 0 aromatic heterocycles. The van der Waals surface area contributed by atoms with Crippen LogP contribution in [0.15, 0.2) is 48.5 Å². The molecule has 2 fully saturated rings.